The zero-order valence-corrected chi connectivity index (χ0v) is 17.7. The van der Waals surface area contributed by atoms with E-state index in [-0.39, 0.29) is 48.9 Å². The lowest BCUT2D eigenvalue weighted by Crippen LogP contribution is -2.73. The van der Waals surface area contributed by atoms with Crippen molar-refractivity contribution < 1.29 is 19.4 Å². The van der Waals surface area contributed by atoms with E-state index in [0.29, 0.717) is 6.54 Å². The van der Waals surface area contributed by atoms with Crippen LogP contribution in [0.4, 0.5) is 0 Å². The molecule has 0 aromatic heterocycles. The fourth-order valence-corrected chi connectivity index (χ4v) is 5.26. The summed E-state index contributed by atoms with van der Waals surface area (Å²) >= 11 is 0. The molecule has 1 N–H and O–H groups in total. The molecular formula is C25H28N2O4. The van der Waals surface area contributed by atoms with Crippen LogP contribution in [-0.4, -0.2) is 65.6 Å². The Kier molecular flexibility index (Phi) is 5.18. The number of amides is 2. The lowest BCUT2D eigenvalue weighted by Gasteiger charge is -2.59. The highest BCUT2D eigenvalue weighted by molar-refractivity contribution is 5.89. The van der Waals surface area contributed by atoms with Gasteiger partial charge in [-0.25, -0.2) is 0 Å². The lowest BCUT2D eigenvalue weighted by atomic mass is 9.73. The number of fused-ring (bicyclic) bond motifs is 1. The van der Waals surface area contributed by atoms with Crippen LogP contribution >= 0.6 is 0 Å². The second-order valence-corrected chi connectivity index (χ2v) is 8.84. The summed E-state index contributed by atoms with van der Waals surface area (Å²) < 4.78 is 5.23. The largest absolute Gasteiger partial charge is 0.497 e. The Morgan fingerprint density at radius 3 is 2.26 bits per heavy atom. The summed E-state index contributed by atoms with van der Waals surface area (Å²) in [5.41, 5.74) is 3.30. The Morgan fingerprint density at radius 2 is 1.71 bits per heavy atom. The molecule has 2 aromatic rings. The summed E-state index contributed by atoms with van der Waals surface area (Å²) in [6.07, 6.45) is 2.98. The van der Waals surface area contributed by atoms with Gasteiger partial charge in [-0.2, -0.15) is 0 Å². The normalized spacial score (nSPS) is 25.5. The standard InChI is InChI=1S/C25H28N2O4/c1-31-20-11-9-17(10-12-20)16-5-7-18(8-6-16)24-21-13-26(25(30)19-3-2-4-19)14-23(29)27(21)22(24)15-28/h5-12,19,21-22,24,28H,2-4,13-15H2,1H3/t21-,22+,24-/m1/s1. The fraction of sp³-hybridized carbons (Fsp3) is 0.440. The number of hydrogen-bond donors (Lipinski definition) is 1. The molecule has 0 radical (unpaired) electrons. The zero-order chi connectivity index (χ0) is 21.5. The molecule has 2 heterocycles. The van der Waals surface area contributed by atoms with Gasteiger partial charge in [-0.05, 0) is 41.7 Å². The van der Waals surface area contributed by atoms with Crippen LogP contribution in [0.1, 0.15) is 30.7 Å². The van der Waals surface area contributed by atoms with E-state index in [9.17, 15) is 14.7 Å². The van der Waals surface area contributed by atoms with Crippen LogP contribution in [0.5, 0.6) is 5.75 Å². The predicted octanol–water partition coefficient (Wildman–Crippen LogP) is 2.66. The van der Waals surface area contributed by atoms with Crippen LogP contribution in [-0.2, 0) is 9.59 Å². The van der Waals surface area contributed by atoms with Gasteiger partial charge in [0.1, 0.15) is 5.75 Å². The molecule has 6 nitrogen and oxygen atoms in total. The molecule has 0 spiro atoms. The van der Waals surface area contributed by atoms with Gasteiger partial charge in [0.15, 0.2) is 0 Å². The number of aliphatic hydroxyl groups excluding tert-OH is 1. The maximum atomic E-state index is 12.7. The molecule has 2 saturated heterocycles. The molecular weight excluding hydrogens is 392 g/mol. The summed E-state index contributed by atoms with van der Waals surface area (Å²) in [6, 6.07) is 16.0. The monoisotopic (exact) mass is 420 g/mol. The molecule has 0 unspecified atom stereocenters. The Morgan fingerprint density at radius 1 is 1.06 bits per heavy atom. The van der Waals surface area contributed by atoms with E-state index in [0.717, 1.165) is 41.7 Å². The summed E-state index contributed by atoms with van der Waals surface area (Å²) in [5.74, 6) is 1.03. The minimum absolute atomic E-state index is 0.0378. The van der Waals surface area contributed by atoms with E-state index in [1.165, 1.54) is 0 Å². The van der Waals surface area contributed by atoms with Gasteiger partial charge < -0.3 is 19.6 Å². The van der Waals surface area contributed by atoms with Crippen molar-refractivity contribution in [2.24, 2.45) is 5.92 Å². The van der Waals surface area contributed by atoms with E-state index < -0.39 is 0 Å². The van der Waals surface area contributed by atoms with Crippen molar-refractivity contribution in [1.82, 2.24) is 9.80 Å². The van der Waals surface area contributed by atoms with Gasteiger partial charge in [-0.1, -0.05) is 42.8 Å². The number of methoxy groups -OCH3 is 1. The number of carbonyl (C=O) groups is 2. The molecule has 2 aromatic carbocycles. The molecule has 6 heteroatoms. The van der Waals surface area contributed by atoms with E-state index in [4.69, 9.17) is 4.74 Å². The van der Waals surface area contributed by atoms with Crippen molar-refractivity contribution in [2.75, 3.05) is 26.8 Å². The van der Waals surface area contributed by atoms with Crippen LogP contribution in [0.3, 0.4) is 0 Å². The van der Waals surface area contributed by atoms with E-state index >= 15 is 0 Å². The fourth-order valence-electron chi connectivity index (χ4n) is 5.26. The number of ether oxygens (including phenoxy) is 1. The van der Waals surface area contributed by atoms with Gasteiger partial charge in [-0.3, -0.25) is 9.59 Å². The number of hydrogen-bond acceptors (Lipinski definition) is 4. The van der Waals surface area contributed by atoms with Gasteiger partial charge in [0.25, 0.3) is 0 Å². The number of aliphatic hydroxyl groups is 1. The molecule has 3 aliphatic rings. The Labute approximate surface area is 182 Å². The Balaban J connectivity index is 1.35. The number of nitrogens with zero attached hydrogens (tertiary/aromatic N) is 2. The van der Waals surface area contributed by atoms with E-state index in [2.05, 4.69) is 24.3 Å². The molecule has 2 aliphatic heterocycles. The Bertz CT molecular complexity index is 968. The van der Waals surface area contributed by atoms with E-state index in [1.54, 1.807) is 16.9 Å². The predicted molar refractivity (Wildman–Crippen MR) is 117 cm³/mol. The average molecular weight is 421 g/mol. The molecule has 3 atom stereocenters. The van der Waals surface area contributed by atoms with Crippen LogP contribution in [0.2, 0.25) is 0 Å². The van der Waals surface area contributed by atoms with Crippen molar-refractivity contribution >= 4 is 11.8 Å². The summed E-state index contributed by atoms with van der Waals surface area (Å²) in [5, 5.41) is 9.98. The quantitative estimate of drug-likeness (QED) is 0.808. The van der Waals surface area contributed by atoms with Crippen molar-refractivity contribution in [2.45, 2.75) is 37.3 Å². The smallest absolute Gasteiger partial charge is 0.242 e. The van der Waals surface area contributed by atoms with Crippen LogP contribution < -0.4 is 4.74 Å². The van der Waals surface area contributed by atoms with Crippen LogP contribution in [0, 0.1) is 5.92 Å². The number of rotatable bonds is 5. The van der Waals surface area contributed by atoms with Crippen molar-refractivity contribution in [3.63, 3.8) is 0 Å². The molecule has 31 heavy (non-hydrogen) atoms. The first kappa shape index (κ1) is 20.1. The van der Waals surface area contributed by atoms with Gasteiger partial charge in [0.2, 0.25) is 11.8 Å². The maximum Gasteiger partial charge on any atom is 0.242 e. The first-order valence-electron chi connectivity index (χ1n) is 11.1. The molecule has 5 rings (SSSR count). The minimum atomic E-state index is -0.217. The molecule has 162 valence electrons. The molecule has 3 fully saturated rings. The number of benzene rings is 2. The van der Waals surface area contributed by atoms with E-state index in [1.807, 2.05) is 24.3 Å². The molecule has 1 saturated carbocycles. The SMILES string of the molecule is COc1ccc(-c2ccc([C@@H]3[C@H]4CN(C(=O)C5CCC5)CC(=O)N4[C@H]3CO)cc2)cc1. The van der Waals surface area contributed by atoms with Gasteiger partial charge in [0, 0.05) is 18.4 Å². The minimum Gasteiger partial charge on any atom is -0.497 e. The lowest BCUT2D eigenvalue weighted by molar-refractivity contribution is -0.169. The maximum absolute atomic E-state index is 12.7. The summed E-state index contributed by atoms with van der Waals surface area (Å²) in [6.45, 7) is 0.637. The van der Waals surface area contributed by atoms with Gasteiger partial charge in [0.05, 0.1) is 32.3 Å². The average Bonchev–Trinajstić information content (AvgIpc) is 2.74. The third-order valence-electron chi connectivity index (χ3n) is 7.24. The first-order valence-corrected chi connectivity index (χ1v) is 11.1. The third kappa shape index (κ3) is 3.39. The Hall–Kier alpha value is -2.86. The highest BCUT2D eigenvalue weighted by Gasteiger charge is 2.54. The topological polar surface area (TPSA) is 70.1 Å². The summed E-state index contributed by atoms with van der Waals surface area (Å²) in [7, 11) is 1.65. The molecule has 0 bridgehead atoms. The van der Waals surface area contributed by atoms with Crippen molar-refractivity contribution in [3.05, 3.63) is 54.1 Å². The van der Waals surface area contributed by atoms with Crippen molar-refractivity contribution in [3.8, 4) is 16.9 Å². The van der Waals surface area contributed by atoms with Gasteiger partial charge in [-0.15, -0.1) is 0 Å². The number of carbonyl (C=O) groups excluding carboxylic acids is 2. The van der Waals surface area contributed by atoms with Gasteiger partial charge >= 0.3 is 0 Å². The number of piperazine rings is 1. The zero-order valence-electron chi connectivity index (χ0n) is 17.7. The second kappa shape index (κ2) is 8.00. The molecule has 1 aliphatic carbocycles. The third-order valence-corrected chi connectivity index (χ3v) is 7.24. The highest BCUT2D eigenvalue weighted by Crippen LogP contribution is 2.44. The van der Waals surface area contributed by atoms with Crippen LogP contribution in [0.15, 0.2) is 48.5 Å². The summed E-state index contributed by atoms with van der Waals surface area (Å²) in [4.78, 5) is 29.0. The van der Waals surface area contributed by atoms with Crippen LogP contribution in [0.25, 0.3) is 11.1 Å². The van der Waals surface area contributed by atoms with Crippen molar-refractivity contribution in [1.29, 1.82) is 0 Å². The second-order valence-electron chi connectivity index (χ2n) is 8.84. The molecule has 2 amide bonds. The highest BCUT2D eigenvalue weighted by atomic mass is 16.5. The first-order chi connectivity index (χ1) is 15.1.